The fourth-order valence-electron chi connectivity index (χ4n) is 3.48. The number of rotatable bonds is 8. The van der Waals surface area contributed by atoms with Gasteiger partial charge >= 0.3 is 5.97 Å². The molecule has 2 atom stereocenters. The van der Waals surface area contributed by atoms with E-state index in [2.05, 4.69) is 10.2 Å². The number of nitrogens with one attached hydrogen (secondary N) is 1. The van der Waals surface area contributed by atoms with Gasteiger partial charge < -0.3 is 20.7 Å². The van der Waals surface area contributed by atoms with Gasteiger partial charge in [-0.2, -0.15) is 0 Å². The minimum absolute atomic E-state index is 0.0927. The number of nitrogens with two attached hydrogens (primary N) is 1. The molecule has 0 amide bonds. The third-order valence-electron chi connectivity index (χ3n) is 4.96. The van der Waals surface area contributed by atoms with Crippen molar-refractivity contribution in [3.63, 3.8) is 0 Å². The maximum absolute atomic E-state index is 11.3. The molecular formula is C16H31N3O2. The molecule has 0 spiro atoms. The first-order valence-electron chi connectivity index (χ1n) is 8.44. The average molecular weight is 297 g/mol. The summed E-state index contributed by atoms with van der Waals surface area (Å²) >= 11 is 0. The predicted octanol–water partition coefficient (Wildman–Crippen LogP) is 0.979. The van der Waals surface area contributed by atoms with Crippen LogP contribution in [0.3, 0.4) is 0 Å². The van der Waals surface area contributed by atoms with Gasteiger partial charge in [-0.1, -0.05) is 6.42 Å². The Morgan fingerprint density at radius 1 is 1.33 bits per heavy atom. The van der Waals surface area contributed by atoms with Crippen LogP contribution < -0.4 is 11.1 Å². The zero-order valence-corrected chi connectivity index (χ0v) is 13.4. The molecule has 1 aliphatic heterocycles. The summed E-state index contributed by atoms with van der Waals surface area (Å²) in [5, 5.41) is 3.74. The van der Waals surface area contributed by atoms with E-state index in [9.17, 15) is 4.79 Å². The Kier molecular flexibility index (Phi) is 6.93. The van der Waals surface area contributed by atoms with E-state index in [1.165, 1.54) is 32.8 Å². The number of hydrogen-bond acceptors (Lipinski definition) is 5. The molecule has 1 saturated heterocycles. The second-order valence-corrected chi connectivity index (χ2v) is 6.67. The molecular weight excluding hydrogens is 266 g/mol. The smallest absolute Gasteiger partial charge is 0.305 e. The molecule has 0 aromatic rings. The fraction of sp³-hybridized carbons (Fsp3) is 0.938. The standard InChI is InChI=1S/C16H31N3O2/c1-21-16(20)6-5-14-9-15(12-19(11-14)8-7-17)18-10-13-3-2-4-13/h13-15,18H,2-12,17H2,1H3. The van der Waals surface area contributed by atoms with Gasteiger partial charge in [0.25, 0.3) is 0 Å². The van der Waals surface area contributed by atoms with E-state index >= 15 is 0 Å². The second kappa shape index (κ2) is 8.71. The van der Waals surface area contributed by atoms with Crippen LogP contribution in [0.15, 0.2) is 0 Å². The van der Waals surface area contributed by atoms with Crippen LogP contribution in [0.1, 0.15) is 38.5 Å². The van der Waals surface area contributed by atoms with Gasteiger partial charge in [0.2, 0.25) is 0 Å². The van der Waals surface area contributed by atoms with Crippen LogP contribution >= 0.6 is 0 Å². The molecule has 1 saturated carbocycles. The Hall–Kier alpha value is -0.650. The quantitative estimate of drug-likeness (QED) is 0.654. The third kappa shape index (κ3) is 5.57. The molecule has 2 aliphatic rings. The topological polar surface area (TPSA) is 67.6 Å². The normalized spacial score (nSPS) is 27.3. The molecule has 21 heavy (non-hydrogen) atoms. The summed E-state index contributed by atoms with van der Waals surface area (Å²) in [6, 6.07) is 0.550. The Morgan fingerprint density at radius 3 is 2.76 bits per heavy atom. The number of hydrogen-bond donors (Lipinski definition) is 2. The molecule has 0 radical (unpaired) electrons. The highest BCUT2D eigenvalue weighted by Crippen LogP contribution is 2.26. The Bertz CT molecular complexity index is 321. The van der Waals surface area contributed by atoms with E-state index in [1.807, 2.05) is 0 Å². The lowest BCUT2D eigenvalue weighted by atomic mass is 9.84. The molecule has 2 unspecified atom stereocenters. The summed E-state index contributed by atoms with van der Waals surface area (Å²) in [6.45, 7) is 4.98. The van der Waals surface area contributed by atoms with Crippen LogP contribution in [0.4, 0.5) is 0 Å². The van der Waals surface area contributed by atoms with Gasteiger partial charge in [-0.3, -0.25) is 4.79 Å². The van der Waals surface area contributed by atoms with Crippen LogP contribution in [0.25, 0.3) is 0 Å². The van der Waals surface area contributed by atoms with Gasteiger partial charge in [-0.15, -0.1) is 0 Å². The van der Waals surface area contributed by atoms with Gasteiger partial charge in [-0.05, 0) is 44.1 Å². The lowest BCUT2D eigenvalue weighted by Crippen LogP contribution is -2.51. The highest BCUT2D eigenvalue weighted by atomic mass is 16.5. The first kappa shape index (κ1) is 16.7. The number of nitrogens with zero attached hydrogens (tertiary/aromatic N) is 1. The third-order valence-corrected chi connectivity index (χ3v) is 4.96. The molecule has 0 aromatic carbocycles. The minimum Gasteiger partial charge on any atom is -0.469 e. The van der Waals surface area contributed by atoms with E-state index in [0.29, 0.717) is 24.9 Å². The van der Waals surface area contributed by atoms with Crippen molar-refractivity contribution in [3.8, 4) is 0 Å². The molecule has 1 heterocycles. The van der Waals surface area contributed by atoms with Crippen LogP contribution in [-0.2, 0) is 9.53 Å². The summed E-state index contributed by atoms with van der Waals surface area (Å²) in [5.74, 6) is 1.37. The molecule has 2 fully saturated rings. The van der Waals surface area contributed by atoms with Gasteiger partial charge in [0.15, 0.2) is 0 Å². The van der Waals surface area contributed by atoms with Crippen molar-refractivity contribution >= 4 is 5.97 Å². The molecule has 0 aromatic heterocycles. The zero-order valence-electron chi connectivity index (χ0n) is 13.4. The van der Waals surface area contributed by atoms with Gasteiger partial charge in [0.1, 0.15) is 0 Å². The van der Waals surface area contributed by atoms with Crippen molar-refractivity contribution in [2.24, 2.45) is 17.6 Å². The number of piperidine rings is 1. The number of carbonyl (C=O) groups excluding carboxylic acids is 1. The number of carbonyl (C=O) groups is 1. The Morgan fingerprint density at radius 2 is 2.14 bits per heavy atom. The summed E-state index contributed by atoms with van der Waals surface area (Å²) in [5.41, 5.74) is 5.71. The van der Waals surface area contributed by atoms with Crippen molar-refractivity contribution in [1.82, 2.24) is 10.2 Å². The maximum Gasteiger partial charge on any atom is 0.305 e. The van der Waals surface area contributed by atoms with E-state index in [-0.39, 0.29) is 5.97 Å². The number of ether oxygens (including phenoxy) is 1. The Labute approximate surface area is 128 Å². The lowest BCUT2D eigenvalue weighted by molar-refractivity contribution is -0.141. The molecule has 3 N–H and O–H groups in total. The highest BCUT2D eigenvalue weighted by Gasteiger charge is 2.28. The van der Waals surface area contributed by atoms with E-state index in [0.717, 1.165) is 38.5 Å². The lowest BCUT2D eigenvalue weighted by Gasteiger charge is -2.39. The first-order valence-corrected chi connectivity index (χ1v) is 8.44. The Balaban J connectivity index is 1.77. The van der Waals surface area contributed by atoms with Crippen molar-refractivity contribution in [2.45, 2.75) is 44.6 Å². The SMILES string of the molecule is COC(=O)CCC1CC(NCC2CCC2)CN(CCN)C1. The van der Waals surface area contributed by atoms with Crippen molar-refractivity contribution in [2.75, 3.05) is 39.8 Å². The number of esters is 1. The predicted molar refractivity (Wildman–Crippen MR) is 84.0 cm³/mol. The van der Waals surface area contributed by atoms with Crippen molar-refractivity contribution < 1.29 is 9.53 Å². The molecule has 1 aliphatic carbocycles. The number of likely N-dealkylation sites (tertiary alicyclic amines) is 1. The molecule has 5 heteroatoms. The fourth-order valence-corrected chi connectivity index (χ4v) is 3.48. The number of methoxy groups -OCH3 is 1. The van der Waals surface area contributed by atoms with Crippen molar-refractivity contribution in [3.05, 3.63) is 0 Å². The maximum atomic E-state index is 11.3. The molecule has 5 nitrogen and oxygen atoms in total. The summed E-state index contributed by atoms with van der Waals surface area (Å²) in [7, 11) is 1.47. The van der Waals surface area contributed by atoms with Gasteiger partial charge in [0, 0.05) is 38.6 Å². The van der Waals surface area contributed by atoms with E-state index < -0.39 is 0 Å². The van der Waals surface area contributed by atoms with Gasteiger partial charge in [0.05, 0.1) is 7.11 Å². The second-order valence-electron chi connectivity index (χ2n) is 6.67. The van der Waals surface area contributed by atoms with Crippen LogP contribution in [0.5, 0.6) is 0 Å². The molecule has 0 bridgehead atoms. The average Bonchev–Trinajstić information content (AvgIpc) is 2.43. The zero-order chi connectivity index (χ0) is 15.1. The van der Waals surface area contributed by atoms with Crippen LogP contribution in [-0.4, -0.2) is 56.7 Å². The van der Waals surface area contributed by atoms with Gasteiger partial charge in [-0.25, -0.2) is 0 Å². The summed E-state index contributed by atoms with van der Waals surface area (Å²) < 4.78 is 4.76. The van der Waals surface area contributed by atoms with Crippen LogP contribution in [0.2, 0.25) is 0 Å². The largest absolute Gasteiger partial charge is 0.469 e. The first-order chi connectivity index (χ1) is 10.2. The van der Waals surface area contributed by atoms with Crippen LogP contribution in [0, 0.1) is 11.8 Å². The highest BCUT2D eigenvalue weighted by molar-refractivity contribution is 5.69. The summed E-state index contributed by atoms with van der Waals surface area (Å²) in [4.78, 5) is 13.8. The minimum atomic E-state index is -0.0927. The molecule has 122 valence electrons. The van der Waals surface area contributed by atoms with E-state index in [4.69, 9.17) is 10.5 Å². The summed E-state index contributed by atoms with van der Waals surface area (Å²) in [6.07, 6.45) is 6.81. The van der Waals surface area contributed by atoms with E-state index in [1.54, 1.807) is 0 Å². The van der Waals surface area contributed by atoms with Crippen molar-refractivity contribution in [1.29, 1.82) is 0 Å². The monoisotopic (exact) mass is 297 g/mol. The molecule has 2 rings (SSSR count).